The Kier molecular flexibility index (Phi) is 3.06. The molecule has 0 fully saturated rings. The van der Waals surface area contributed by atoms with Gasteiger partial charge in [0.1, 0.15) is 0 Å². The number of carbonyl (C=O) groups is 1. The summed E-state index contributed by atoms with van der Waals surface area (Å²) in [5.74, 6) is -0.859. The van der Waals surface area contributed by atoms with Gasteiger partial charge in [0.25, 0.3) is 5.56 Å². The quantitative estimate of drug-likeness (QED) is 0.812. The molecule has 0 aliphatic carbocycles. The van der Waals surface area contributed by atoms with Gasteiger partial charge in [0.15, 0.2) is 5.65 Å². The van der Waals surface area contributed by atoms with Crippen LogP contribution in [0.2, 0.25) is 5.02 Å². The summed E-state index contributed by atoms with van der Waals surface area (Å²) in [6, 6.07) is 1.44. The van der Waals surface area contributed by atoms with Gasteiger partial charge in [-0.2, -0.15) is 0 Å². The molecule has 0 atom stereocenters. The number of H-pyrrole nitrogens is 1. The molecule has 2 heterocycles. The van der Waals surface area contributed by atoms with Gasteiger partial charge in [-0.1, -0.05) is 11.6 Å². The number of aromatic amines is 1. The number of nitrogens with one attached hydrogen (secondary N) is 1. The van der Waals surface area contributed by atoms with Crippen LogP contribution in [-0.4, -0.2) is 27.5 Å². The maximum atomic E-state index is 11.7. The van der Waals surface area contributed by atoms with Crippen LogP contribution in [0.15, 0.2) is 17.1 Å². The van der Waals surface area contributed by atoms with Crippen LogP contribution < -0.4 is 5.56 Å². The first-order valence-corrected chi connectivity index (χ1v) is 5.22. The van der Waals surface area contributed by atoms with Crippen molar-refractivity contribution in [2.45, 2.75) is 6.92 Å². The lowest BCUT2D eigenvalue weighted by molar-refractivity contribution is 0.0512. The third-order valence-corrected chi connectivity index (χ3v) is 2.20. The summed E-state index contributed by atoms with van der Waals surface area (Å²) in [6.07, 6.45) is 1.35. The Bertz CT molecular complexity index is 638. The second-order valence-electron chi connectivity index (χ2n) is 3.16. The SMILES string of the molecule is CCOC(=O)c1nc2ncc(Cl)cc2c(=O)[nH]1. The van der Waals surface area contributed by atoms with Gasteiger partial charge in [-0.3, -0.25) is 4.79 Å². The van der Waals surface area contributed by atoms with Crippen molar-refractivity contribution in [1.29, 1.82) is 0 Å². The Morgan fingerprint density at radius 2 is 2.35 bits per heavy atom. The van der Waals surface area contributed by atoms with Crippen LogP contribution in [0.3, 0.4) is 0 Å². The Labute approximate surface area is 101 Å². The van der Waals surface area contributed by atoms with Crippen molar-refractivity contribution in [3.05, 3.63) is 33.5 Å². The van der Waals surface area contributed by atoms with Crippen LogP contribution in [0.25, 0.3) is 11.0 Å². The number of pyridine rings is 1. The van der Waals surface area contributed by atoms with Gasteiger partial charge in [0.2, 0.25) is 5.82 Å². The summed E-state index contributed by atoms with van der Waals surface area (Å²) in [7, 11) is 0. The second kappa shape index (κ2) is 4.50. The van der Waals surface area contributed by atoms with E-state index in [0.29, 0.717) is 5.02 Å². The number of ether oxygens (including phenoxy) is 1. The summed E-state index contributed by atoms with van der Waals surface area (Å²) >= 11 is 5.71. The largest absolute Gasteiger partial charge is 0.460 e. The van der Waals surface area contributed by atoms with Gasteiger partial charge < -0.3 is 9.72 Å². The van der Waals surface area contributed by atoms with Gasteiger partial charge in [-0.15, -0.1) is 0 Å². The molecule has 88 valence electrons. The standard InChI is InChI=1S/C10H8ClN3O3/c1-2-17-10(16)8-13-7-6(9(15)14-8)3-5(11)4-12-7/h3-4H,2H2,1H3,(H,12,13,14,15). The average molecular weight is 254 g/mol. The molecule has 0 radical (unpaired) electrons. The fourth-order valence-electron chi connectivity index (χ4n) is 1.29. The van der Waals surface area contributed by atoms with Gasteiger partial charge in [-0.05, 0) is 13.0 Å². The zero-order valence-corrected chi connectivity index (χ0v) is 9.61. The Hall–Kier alpha value is -1.95. The molecule has 6 nitrogen and oxygen atoms in total. The minimum atomic E-state index is -0.691. The normalized spacial score (nSPS) is 10.5. The van der Waals surface area contributed by atoms with Gasteiger partial charge in [0, 0.05) is 6.20 Å². The molecular formula is C10H8ClN3O3. The van der Waals surface area contributed by atoms with E-state index in [1.54, 1.807) is 6.92 Å². The van der Waals surface area contributed by atoms with E-state index < -0.39 is 11.5 Å². The number of aromatic nitrogens is 3. The van der Waals surface area contributed by atoms with Crippen molar-refractivity contribution in [1.82, 2.24) is 15.0 Å². The smallest absolute Gasteiger partial charge is 0.374 e. The van der Waals surface area contributed by atoms with Crippen LogP contribution in [0, 0.1) is 0 Å². The number of hydrogen-bond donors (Lipinski definition) is 1. The number of nitrogens with zero attached hydrogens (tertiary/aromatic N) is 2. The monoisotopic (exact) mass is 253 g/mol. The summed E-state index contributed by atoms with van der Waals surface area (Å²) in [4.78, 5) is 33.1. The summed E-state index contributed by atoms with van der Waals surface area (Å²) in [6.45, 7) is 1.86. The third kappa shape index (κ3) is 2.26. The molecule has 0 saturated heterocycles. The van der Waals surface area contributed by atoms with Crippen molar-refractivity contribution in [2.75, 3.05) is 6.61 Å². The molecule has 0 aromatic carbocycles. The van der Waals surface area contributed by atoms with Crippen LogP contribution in [0.1, 0.15) is 17.5 Å². The first kappa shape index (κ1) is 11.5. The lowest BCUT2D eigenvalue weighted by atomic mass is 10.3. The van der Waals surface area contributed by atoms with E-state index in [-0.39, 0.29) is 23.5 Å². The van der Waals surface area contributed by atoms with E-state index in [1.807, 2.05) is 0 Å². The highest BCUT2D eigenvalue weighted by molar-refractivity contribution is 6.31. The summed E-state index contributed by atoms with van der Waals surface area (Å²) in [5, 5.41) is 0.555. The van der Waals surface area contributed by atoms with Gasteiger partial charge >= 0.3 is 5.97 Å². The lowest BCUT2D eigenvalue weighted by Crippen LogP contribution is -2.18. The van der Waals surface area contributed by atoms with Gasteiger partial charge in [-0.25, -0.2) is 14.8 Å². The highest BCUT2D eigenvalue weighted by Gasteiger charge is 2.12. The highest BCUT2D eigenvalue weighted by Crippen LogP contribution is 2.11. The van der Waals surface area contributed by atoms with Gasteiger partial charge in [0.05, 0.1) is 17.0 Å². The number of fused-ring (bicyclic) bond motifs is 1. The molecule has 0 aliphatic heterocycles. The number of rotatable bonds is 2. The topological polar surface area (TPSA) is 84.9 Å². The Morgan fingerprint density at radius 3 is 3.06 bits per heavy atom. The molecule has 0 spiro atoms. The summed E-state index contributed by atoms with van der Waals surface area (Å²) < 4.78 is 4.73. The predicted octanol–water partition coefficient (Wildman–Crippen LogP) is 1.15. The number of halogens is 1. The van der Waals surface area contributed by atoms with Crippen molar-refractivity contribution < 1.29 is 9.53 Å². The van der Waals surface area contributed by atoms with Crippen LogP contribution >= 0.6 is 11.6 Å². The first-order chi connectivity index (χ1) is 8.11. The second-order valence-corrected chi connectivity index (χ2v) is 3.60. The molecule has 2 rings (SSSR count). The highest BCUT2D eigenvalue weighted by atomic mass is 35.5. The van der Waals surface area contributed by atoms with Crippen molar-refractivity contribution in [3.63, 3.8) is 0 Å². The first-order valence-electron chi connectivity index (χ1n) is 4.84. The van der Waals surface area contributed by atoms with E-state index >= 15 is 0 Å². The lowest BCUT2D eigenvalue weighted by Gasteiger charge is -2.02. The molecule has 2 aromatic heterocycles. The molecule has 0 unspecified atom stereocenters. The van der Waals surface area contributed by atoms with Crippen LogP contribution in [-0.2, 0) is 4.74 Å². The van der Waals surface area contributed by atoms with Crippen LogP contribution in [0.4, 0.5) is 0 Å². The minimum Gasteiger partial charge on any atom is -0.460 e. The molecule has 1 N–H and O–H groups in total. The predicted molar refractivity (Wildman–Crippen MR) is 61.1 cm³/mol. The molecule has 0 bridgehead atoms. The molecular weight excluding hydrogens is 246 g/mol. The van der Waals surface area contributed by atoms with Crippen LogP contribution in [0.5, 0.6) is 0 Å². The zero-order chi connectivity index (χ0) is 12.4. The van der Waals surface area contributed by atoms with E-state index in [9.17, 15) is 9.59 Å². The third-order valence-electron chi connectivity index (χ3n) is 2.00. The molecule has 2 aromatic rings. The minimum absolute atomic E-state index is 0.154. The van der Waals surface area contributed by atoms with Crippen molar-refractivity contribution in [2.24, 2.45) is 0 Å². The molecule has 0 saturated carbocycles. The van der Waals surface area contributed by atoms with E-state index in [1.165, 1.54) is 12.3 Å². The maximum absolute atomic E-state index is 11.7. The molecule has 0 aliphatic rings. The summed E-state index contributed by atoms with van der Waals surface area (Å²) in [5.41, 5.74) is -0.325. The fraction of sp³-hybridized carbons (Fsp3) is 0.200. The van der Waals surface area contributed by atoms with E-state index in [0.717, 1.165) is 0 Å². The zero-order valence-electron chi connectivity index (χ0n) is 8.86. The van der Waals surface area contributed by atoms with E-state index in [2.05, 4.69) is 15.0 Å². The van der Waals surface area contributed by atoms with Crippen molar-refractivity contribution >= 4 is 28.6 Å². The molecule has 0 amide bonds. The van der Waals surface area contributed by atoms with Crippen molar-refractivity contribution in [3.8, 4) is 0 Å². The maximum Gasteiger partial charge on any atom is 0.374 e. The number of esters is 1. The fourth-order valence-corrected chi connectivity index (χ4v) is 1.45. The van der Waals surface area contributed by atoms with E-state index in [4.69, 9.17) is 16.3 Å². The number of carbonyl (C=O) groups excluding carboxylic acids is 1. The Balaban J connectivity index is 2.60. The number of hydrogen-bond acceptors (Lipinski definition) is 5. The molecule has 7 heteroatoms. The Morgan fingerprint density at radius 1 is 1.59 bits per heavy atom. The average Bonchev–Trinajstić information content (AvgIpc) is 2.30. The molecule has 17 heavy (non-hydrogen) atoms.